The zero-order valence-electron chi connectivity index (χ0n) is 32.9. The van der Waals surface area contributed by atoms with Crippen LogP contribution in [0.4, 0.5) is 0 Å². The number of carboxylic acid groups (broad SMARTS) is 1. The Balaban J connectivity index is 1.34. The van der Waals surface area contributed by atoms with E-state index < -0.39 is 11.4 Å². The highest BCUT2D eigenvalue weighted by Gasteiger charge is 2.34. The number of hydrogen-bond acceptors (Lipinski definition) is 7. The number of ether oxygens (including phenoxy) is 3. The minimum Gasteiger partial charge on any atom is -0.481 e. The van der Waals surface area contributed by atoms with Gasteiger partial charge in [0.15, 0.2) is 0 Å². The molecule has 2 aromatic carbocycles. The smallest absolute Gasteiger partial charge is 0.311 e. The van der Waals surface area contributed by atoms with E-state index in [4.69, 9.17) is 19.3 Å². The van der Waals surface area contributed by atoms with E-state index in [0.29, 0.717) is 80.4 Å². The van der Waals surface area contributed by atoms with Crippen LogP contribution in [-0.4, -0.2) is 119 Å². The second kappa shape index (κ2) is 20.3. The fourth-order valence-corrected chi connectivity index (χ4v) is 5.98. The quantitative estimate of drug-likeness (QED) is 0.0768. The van der Waals surface area contributed by atoms with Crippen molar-refractivity contribution in [3.63, 3.8) is 0 Å². The molecule has 0 spiro atoms. The van der Waals surface area contributed by atoms with Gasteiger partial charge in [-0.15, -0.1) is 0 Å². The zero-order valence-corrected chi connectivity index (χ0v) is 32.9. The number of aliphatic carboxylic acids is 1. The van der Waals surface area contributed by atoms with E-state index in [0.717, 1.165) is 22.3 Å². The average Bonchev–Trinajstić information content (AvgIpc) is 3.12. The normalized spacial score (nSPS) is 15.6. The van der Waals surface area contributed by atoms with Gasteiger partial charge in [0.2, 0.25) is 5.91 Å². The number of nitrogens with zero attached hydrogens (tertiary/aromatic N) is 2. The molecule has 3 unspecified atom stereocenters. The van der Waals surface area contributed by atoms with Gasteiger partial charge < -0.3 is 33.6 Å². The Hall–Kier alpha value is -4.24. The van der Waals surface area contributed by atoms with Crippen molar-refractivity contribution in [3.05, 3.63) is 70.8 Å². The molecule has 0 bridgehead atoms. The van der Waals surface area contributed by atoms with Gasteiger partial charge in [0, 0.05) is 24.1 Å². The Morgan fingerprint density at radius 2 is 1.47 bits per heavy atom. The molecule has 0 heterocycles. The molecule has 2 aromatic rings. The van der Waals surface area contributed by atoms with Crippen LogP contribution < -0.4 is 5.32 Å². The SMILES string of the molecule is CCC(C)(CCC(C)C(=O)OCC[N+](C)(C)CCC(=O)NCCOC1Cc2ccccc2C#Cc2ccccc21)C(=O)OCC[N+](C)(C)CCC(=O)O. The number of carbonyl (C=O) groups is 4. The third kappa shape index (κ3) is 14.6. The third-order valence-electron chi connectivity index (χ3n) is 10.4. The highest BCUT2D eigenvalue weighted by atomic mass is 16.5. The number of carboxylic acids is 1. The maximum Gasteiger partial charge on any atom is 0.311 e. The second-order valence-corrected chi connectivity index (χ2v) is 15.7. The monoisotopic (exact) mass is 735 g/mol. The van der Waals surface area contributed by atoms with Crippen molar-refractivity contribution in [2.75, 3.05) is 80.7 Å². The summed E-state index contributed by atoms with van der Waals surface area (Å²) in [6.45, 7) is 8.89. The van der Waals surface area contributed by atoms with Crippen LogP contribution in [0.3, 0.4) is 0 Å². The van der Waals surface area contributed by atoms with E-state index >= 15 is 0 Å². The fourth-order valence-electron chi connectivity index (χ4n) is 5.98. The van der Waals surface area contributed by atoms with Gasteiger partial charge in [0.1, 0.15) is 26.3 Å². The summed E-state index contributed by atoms with van der Waals surface area (Å²) < 4.78 is 18.5. The van der Waals surface area contributed by atoms with E-state index in [2.05, 4.69) is 29.3 Å². The highest BCUT2D eigenvalue weighted by molar-refractivity contribution is 5.77. The number of quaternary nitrogens is 2. The third-order valence-corrected chi connectivity index (χ3v) is 10.4. The lowest BCUT2D eigenvalue weighted by molar-refractivity contribution is -0.889. The van der Waals surface area contributed by atoms with Gasteiger partial charge in [-0.05, 0) is 49.4 Å². The second-order valence-electron chi connectivity index (χ2n) is 15.7. The fraction of sp³-hybridized carbons (Fsp3) is 0.571. The van der Waals surface area contributed by atoms with Crippen LogP contribution in [0.15, 0.2) is 48.5 Å². The van der Waals surface area contributed by atoms with Gasteiger partial charge in [-0.3, -0.25) is 19.2 Å². The molecule has 11 heteroatoms. The van der Waals surface area contributed by atoms with E-state index in [1.165, 1.54) is 0 Å². The maximum atomic E-state index is 13.0. The van der Waals surface area contributed by atoms with E-state index in [1.54, 1.807) is 0 Å². The summed E-state index contributed by atoms with van der Waals surface area (Å²) in [4.78, 5) is 49.4. The van der Waals surface area contributed by atoms with Crippen molar-refractivity contribution in [2.24, 2.45) is 11.3 Å². The van der Waals surface area contributed by atoms with Gasteiger partial charge >= 0.3 is 17.9 Å². The Bertz CT molecular complexity index is 1610. The van der Waals surface area contributed by atoms with Gasteiger partial charge in [-0.25, -0.2) is 0 Å². The number of carbonyl (C=O) groups excluding carboxylic acids is 3. The molecule has 2 N–H and O–H groups in total. The molecular weight excluding hydrogens is 674 g/mol. The van der Waals surface area contributed by atoms with Gasteiger partial charge in [0.25, 0.3) is 0 Å². The lowest BCUT2D eigenvalue weighted by Crippen LogP contribution is -2.45. The minimum atomic E-state index is -0.851. The highest BCUT2D eigenvalue weighted by Crippen LogP contribution is 2.31. The van der Waals surface area contributed by atoms with Gasteiger partial charge in [-0.2, -0.15) is 0 Å². The van der Waals surface area contributed by atoms with Crippen molar-refractivity contribution < 1.29 is 47.5 Å². The van der Waals surface area contributed by atoms with Crippen molar-refractivity contribution in [2.45, 2.75) is 65.4 Å². The topological polar surface area (TPSA) is 128 Å². The molecule has 1 aliphatic carbocycles. The number of amides is 1. The predicted octanol–water partition coefficient (Wildman–Crippen LogP) is 4.75. The molecule has 11 nitrogen and oxygen atoms in total. The molecule has 0 radical (unpaired) electrons. The molecule has 0 fully saturated rings. The summed E-state index contributed by atoms with van der Waals surface area (Å²) in [6, 6.07) is 16.2. The summed E-state index contributed by atoms with van der Waals surface area (Å²) in [5, 5.41) is 11.9. The summed E-state index contributed by atoms with van der Waals surface area (Å²) in [6.07, 6.45) is 2.45. The van der Waals surface area contributed by atoms with E-state index in [-0.39, 0.29) is 49.5 Å². The first-order valence-electron chi connectivity index (χ1n) is 18.8. The Morgan fingerprint density at radius 1 is 0.868 bits per heavy atom. The van der Waals surface area contributed by atoms with Crippen molar-refractivity contribution in [3.8, 4) is 11.8 Å². The molecule has 53 heavy (non-hydrogen) atoms. The first kappa shape index (κ1) is 43.2. The summed E-state index contributed by atoms with van der Waals surface area (Å²) >= 11 is 0. The summed E-state index contributed by atoms with van der Waals surface area (Å²) in [7, 11) is 7.83. The number of fused-ring (bicyclic) bond motifs is 2. The predicted molar refractivity (Wildman–Crippen MR) is 204 cm³/mol. The Labute approximate surface area is 316 Å². The molecule has 290 valence electrons. The molecule has 0 saturated carbocycles. The summed E-state index contributed by atoms with van der Waals surface area (Å²) in [5.41, 5.74) is 3.42. The van der Waals surface area contributed by atoms with E-state index in [1.807, 2.05) is 85.4 Å². The van der Waals surface area contributed by atoms with Crippen LogP contribution in [-0.2, 0) is 39.8 Å². The van der Waals surface area contributed by atoms with Gasteiger partial charge in [-0.1, -0.05) is 62.1 Å². The number of rotatable bonds is 22. The Kier molecular flexibility index (Phi) is 16.5. The molecule has 3 atom stereocenters. The van der Waals surface area contributed by atoms with Crippen LogP contribution in [0, 0.1) is 23.2 Å². The van der Waals surface area contributed by atoms with Crippen molar-refractivity contribution in [1.29, 1.82) is 0 Å². The first-order chi connectivity index (χ1) is 25.0. The minimum absolute atomic E-state index is 0.0523. The van der Waals surface area contributed by atoms with Gasteiger partial charge in [0.05, 0.1) is 78.2 Å². The molecule has 0 aromatic heterocycles. The number of nitrogens with one attached hydrogen (secondary N) is 1. The molecule has 0 aliphatic heterocycles. The van der Waals surface area contributed by atoms with Crippen LogP contribution in [0.1, 0.15) is 81.2 Å². The molecule has 3 rings (SSSR count). The number of benzene rings is 2. The molecule has 1 amide bonds. The van der Waals surface area contributed by atoms with Crippen LogP contribution in [0.2, 0.25) is 0 Å². The number of likely N-dealkylation sites (N-methyl/N-ethyl adjacent to an activating group) is 2. The maximum absolute atomic E-state index is 13.0. The zero-order chi connectivity index (χ0) is 39.1. The van der Waals surface area contributed by atoms with Crippen molar-refractivity contribution in [1.82, 2.24) is 5.32 Å². The molecule has 0 saturated heterocycles. The largest absolute Gasteiger partial charge is 0.481 e. The molecule has 1 aliphatic rings. The van der Waals surface area contributed by atoms with Crippen LogP contribution in [0.25, 0.3) is 0 Å². The standard InChI is InChI=1S/C42H59N3O8/c1-8-42(3,41(50)53-30-27-45(6,7)25-21-39(47)48)22-19-32(2)40(49)52-29-26-44(4,5)24-20-38(46)43-23-28-51-37-31-35-15-10-9-13-33(35)17-18-34-14-11-12-16-36(34)37/h9-16,32,37H,8,19-31H2,1-7H3/p+2. The Morgan fingerprint density at radius 3 is 2.15 bits per heavy atom. The lowest BCUT2D eigenvalue weighted by Gasteiger charge is -2.31. The molecular formula is C42H61N3O8+2. The van der Waals surface area contributed by atoms with E-state index in [9.17, 15) is 19.2 Å². The first-order valence-corrected chi connectivity index (χ1v) is 18.8. The number of hydrogen-bond donors (Lipinski definition) is 2. The average molecular weight is 736 g/mol. The summed E-state index contributed by atoms with van der Waals surface area (Å²) in [5.74, 6) is 4.67. The van der Waals surface area contributed by atoms with Crippen LogP contribution >= 0.6 is 0 Å². The number of esters is 2. The van der Waals surface area contributed by atoms with Crippen LogP contribution in [0.5, 0.6) is 0 Å². The van der Waals surface area contributed by atoms with Crippen molar-refractivity contribution >= 4 is 23.8 Å². The lowest BCUT2D eigenvalue weighted by atomic mass is 9.81.